The van der Waals surface area contributed by atoms with Gasteiger partial charge in [-0.3, -0.25) is 0 Å². The van der Waals surface area contributed by atoms with Gasteiger partial charge in [-0.25, -0.2) is 9.78 Å². The average molecular weight is 523 g/mol. The second kappa shape index (κ2) is 19.6. The fourth-order valence-corrected chi connectivity index (χ4v) is 14.7. The van der Waals surface area contributed by atoms with E-state index < -0.39 is 25.0 Å². The maximum atomic E-state index is 5.59. The van der Waals surface area contributed by atoms with Gasteiger partial charge in [-0.15, -0.1) is 0 Å². The van der Waals surface area contributed by atoms with Gasteiger partial charge in [-0.2, -0.15) is 0 Å². The van der Waals surface area contributed by atoms with Crippen molar-refractivity contribution in [3.8, 4) is 0 Å². The normalized spacial score (nSPS) is 13.1. The van der Waals surface area contributed by atoms with Crippen molar-refractivity contribution in [1.82, 2.24) is 0 Å². The van der Waals surface area contributed by atoms with Crippen LogP contribution in [-0.4, -0.2) is 59.5 Å². The van der Waals surface area contributed by atoms with Gasteiger partial charge < -0.3 is 13.3 Å². The summed E-state index contributed by atoms with van der Waals surface area (Å²) >= 11 is 0. The van der Waals surface area contributed by atoms with E-state index in [1.54, 1.807) is 21.3 Å². The van der Waals surface area contributed by atoms with Crippen LogP contribution in [0.5, 0.6) is 0 Å². The third-order valence-electron chi connectivity index (χ3n) is 7.03. The number of rotatable bonds is 24. The van der Waals surface area contributed by atoms with Crippen LogP contribution < -0.4 is 0 Å². The van der Waals surface area contributed by atoms with Crippen LogP contribution in [0.1, 0.15) is 71.1 Å². The molecule has 33 heavy (non-hydrogen) atoms. The first kappa shape index (κ1) is 33.5. The predicted octanol–water partition coefficient (Wildman–Crippen LogP) is 8.15. The second-order valence-electron chi connectivity index (χ2n) is 11.1. The average Bonchev–Trinajstić information content (AvgIpc) is 2.79. The van der Waals surface area contributed by atoms with Crippen LogP contribution in [0.2, 0.25) is 56.4 Å². The van der Waals surface area contributed by atoms with Gasteiger partial charge in [0.15, 0.2) is 0 Å². The lowest BCUT2D eigenvalue weighted by Crippen LogP contribution is -2.43. The van der Waals surface area contributed by atoms with Crippen molar-refractivity contribution in [3.05, 3.63) is 0 Å². The van der Waals surface area contributed by atoms with Gasteiger partial charge in [0.25, 0.3) is 0 Å². The van der Waals surface area contributed by atoms with Gasteiger partial charge in [0.2, 0.25) is 0 Å². The van der Waals surface area contributed by atoms with E-state index in [0.29, 0.717) is 6.61 Å². The molecule has 0 aliphatic rings. The molecule has 0 heterocycles. The zero-order valence-electron chi connectivity index (χ0n) is 23.6. The van der Waals surface area contributed by atoms with Gasteiger partial charge in [-0.1, -0.05) is 108 Å². The minimum Gasteiger partial charge on any atom is -0.377 e. The molecule has 0 spiro atoms. The van der Waals surface area contributed by atoms with Crippen LogP contribution in [0.3, 0.4) is 0 Å². The van der Waals surface area contributed by atoms with E-state index in [1.807, 2.05) is 6.92 Å². The Hall–Kier alpha value is 0.451. The first-order valence-electron chi connectivity index (χ1n) is 13.6. The number of hydrogen-bond donors (Lipinski definition) is 0. The Kier molecular flexibility index (Phi) is 19.9. The Morgan fingerprint density at radius 1 is 0.455 bits per heavy atom. The Morgan fingerprint density at radius 3 is 1.33 bits per heavy atom. The van der Waals surface area contributed by atoms with Gasteiger partial charge in [0.05, 0.1) is 13.2 Å². The molecule has 200 valence electrons. The first-order chi connectivity index (χ1) is 15.7. The second-order valence-corrected chi connectivity index (χ2v) is 24.9. The van der Waals surface area contributed by atoms with E-state index >= 15 is 0 Å². The molecule has 0 saturated heterocycles. The zero-order chi connectivity index (χ0) is 25.1. The highest BCUT2D eigenvalue weighted by Crippen LogP contribution is 2.30. The third-order valence-corrected chi connectivity index (χ3v) is 17.0. The fraction of sp³-hybridized carbons (Fsp3) is 1.00. The molecule has 0 saturated carbocycles. The Morgan fingerprint density at radius 2 is 0.879 bits per heavy atom. The molecule has 0 fully saturated rings. The smallest absolute Gasteiger partial charge is 0.377 e. The van der Waals surface area contributed by atoms with Gasteiger partial charge in [0, 0.05) is 43.5 Å². The van der Waals surface area contributed by atoms with Gasteiger partial charge >= 0.3 is 8.80 Å². The Bertz CT molecular complexity index is 437. The number of unbranched alkanes of at least 4 members (excludes halogenated alkanes) is 8. The maximum Gasteiger partial charge on any atom is 0.500 e. The SMILES string of the molecule is CCOOCCCCCCCCCCC[Si](C)(C)CC[Si](C)(C)CCC[Si](OC)(OC)OC. The molecule has 0 aliphatic heterocycles. The molecule has 0 aromatic rings. The van der Waals surface area contributed by atoms with Crippen molar-refractivity contribution in [1.29, 1.82) is 0 Å². The lowest BCUT2D eigenvalue weighted by molar-refractivity contribution is -0.291. The Balaban J connectivity index is 3.82. The van der Waals surface area contributed by atoms with E-state index in [1.165, 1.54) is 82.0 Å². The highest BCUT2D eigenvalue weighted by molar-refractivity contribution is 6.82. The largest absolute Gasteiger partial charge is 0.500 e. The van der Waals surface area contributed by atoms with E-state index in [0.717, 1.165) is 19.1 Å². The van der Waals surface area contributed by atoms with Crippen molar-refractivity contribution in [3.63, 3.8) is 0 Å². The molecule has 0 aromatic carbocycles. The standard InChI is InChI=1S/C25H58O5Si3/c1-9-29-30-20-17-15-13-11-10-12-14-16-18-21-31(5,6)24-25-32(7,8)22-19-23-33(26-2,27-3)28-4/h9-25H2,1-8H3. The molecular weight excluding hydrogens is 465 g/mol. The fourth-order valence-electron chi connectivity index (χ4n) is 4.41. The summed E-state index contributed by atoms with van der Waals surface area (Å²) in [5, 5.41) is 0. The molecule has 5 nitrogen and oxygen atoms in total. The molecule has 0 amide bonds. The van der Waals surface area contributed by atoms with E-state index in [2.05, 4.69) is 26.2 Å². The summed E-state index contributed by atoms with van der Waals surface area (Å²) < 4.78 is 16.8. The minimum atomic E-state index is -2.40. The Labute approximate surface area is 210 Å². The predicted molar refractivity (Wildman–Crippen MR) is 150 cm³/mol. The summed E-state index contributed by atoms with van der Waals surface area (Å²) in [5.74, 6) is 0. The van der Waals surface area contributed by atoms with Crippen LogP contribution in [0, 0.1) is 0 Å². The molecule has 0 N–H and O–H groups in total. The molecule has 0 aromatic heterocycles. The zero-order valence-corrected chi connectivity index (χ0v) is 26.6. The van der Waals surface area contributed by atoms with Crippen LogP contribution >= 0.6 is 0 Å². The molecule has 0 unspecified atom stereocenters. The lowest BCUT2D eigenvalue weighted by Gasteiger charge is -2.30. The minimum absolute atomic E-state index is 0.640. The van der Waals surface area contributed by atoms with Crippen molar-refractivity contribution < 1.29 is 23.1 Å². The van der Waals surface area contributed by atoms with Crippen molar-refractivity contribution in [2.75, 3.05) is 34.5 Å². The van der Waals surface area contributed by atoms with Gasteiger partial charge in [-0.05, 0) is 13.3 Å². The highest BCUT2D eigenvalue weighted by atomic mass is 28.4. The van der Waals surface area contributed by atoms with Crippen molar-refractivity contribution in [2.24, 2.45) is 0 Å². The molecule has 0 rings (SSSR count). The molecule has 8 heteroatoms. The number of hydrogen-bond acceptors (Lipinski definition) is 5. The monoisotopic (exact) mass is 522 g/mol. The van der Waals surface area contributed by atoms with E-state index in [-0.39, 0.29) is 0 Å². The highest BCUT2D eigenvalue weighted by Gasteiger charge is 2.38. The quantitative estimate of drug-likeness (QED) is 0.0554. The molecular formula is C25H58O5Si3. The topological polar surface area (TPSA) is 46.2 Å². The maximum absolute atomic E-state index is 5.59. The third kappa shape index (κ3) is 18.4. The van der Waals surface area contributed by atoms with E-state index in [9.17, 15) is 0 Å². The molecule has 0 bridgehead atoms. The summed E-state index contributed by atoms with van der Waals surface area (Å²) in [6.07, 6.45) is 13.4. The molecule has 0 radical (unpaired) electrons. The molecule has 0 atom stereocenters. The van der Waals surface area contributed by atoms with Crippen LogP contribution in [0.25, 0.3) is 0 Å². The van der Waals surface area contributed by atoms with Crippen LogP contribution in [-0.2, 0) is 23.1 Å². The summed E-state index contributed by atoms with van der Waals surface area (Å²) in [6.45, 7) is 13.7. The van der Waals surface area contributed by atoms with Crippen LogP contribution in [0.15, 0.2) is 0 Å². The van der Waals surface area contributed by atoms with Crippen molar-refractivity contribution >= 4 is 25.0 Å². The first-order valence-corrected chi connectivity index (χ1v) is 22.3. The lowest BCUT2D eigenvalue weighted by atomic mass is 10.1. The summed E-state index contributed by atoms with van der Waals surface area (Å²) in [6, 6.07) is 6.77. The summed E-state index contributed by atoms with van der Waals surface area (Å²) in [5.41, 5.74) is 0. The van der Waals surface area contributed by atoms with Crippen molar-refractivity contribution in [2.45, 2.75) is 128 Å². The van der Waals surface area contributed by atoms with E-state index in [4.69, 9.17) is 23.1 Å². The summed E-state index contributed by atoms with van der Waals surface area (Å²) in [4.78, 5) is 9.96. The molecule has 0 aliphatic carbocycles. The van der Waals surface area contributed by atoms with Crippen LogP contribution in [0.4, 0.5) is 0 Å². The summed E-state index contributed by atoms with van der Waals surface area (Å²) in [7, 11) is 0.537. The van der Waals surface area contributed by atoms with Gasteiger partial charge in [0.1, 0.15) is 0 Å².